The molecule has 1 rings (SSSR count). The van der Waals surface area contributed by atoms with Crippen LogP contribution in [0.25, 0.3) is 0 Å². The predicted molar refractivity (Wildman–Crippen MR) is 79.7 cm³/mol. The van der Waals surface area contributed by atoms with Gasteiger partial charge in [-0.1, -0.05) is 49.1 Å². The van der Waals surface area contributed by atoms with E-state index in [2.05, 4.69) is 43.0 Å². The van der Waals surface area contributed by atoms with Gasteiger partial charge in [-0.15, -0.1) is 0 Å². The van der Waals surface area contributed by atoms with Crippen molar-refractivity contribution >= 4 is 16.9 Å². The molecule has 1 nitrogen and oxygen atoms in total. The first kappa shape index (κ1) is 14.9. The summed E-state index contributed by atoms with van der Waals surface area (Å²) in [6.07, 6.45) is 4.39. The van der Waals surface area contributed by atoms with Gasteiger partial charge in [0.25, 0.3) is 0 Å². The summed E-state index contributed by atoms with van der Waals surface area (Å²) in [6, 6.07) is 8.47. The Morgan fingerprint density at radius 1 is 1.28 bits per heavy atom. The second-order valence-corrected chi connectivity index (χ2v) is 5.46. The molecule has 1 aromatic carbocycles. The molecule has 0 saturated carbocycles. The van der Waals surface area contributed by atoms with Gasteiger partial charge in [-0.2, -0.15) is 0 Å². The summed E-state index contributed by atoms with van der Waals surface area (Å²) in [5.74, 6) is 7.01. The van der Waals surface area contributed by atoms with Gasteiger partial charge < -0.3 is 0 Å². The topological polar surface area (TPSA) is 17.1 Å². The molecule has 0 bridgehead atoms. The van der Waals surface area contributed by atoms with E-state index >= 15 is 0 Å². The highest BCUT2D eigenvalue weighted by atomic mass is 32.2. The van der Waals surface area contributed by atoms with Crippen LogP contribution in [0.4, 0.5) is 0 Å². The Hall–Kier alpha value is -1.20. The third-order valence-corrected chi connectivity index (χ3v) is 3.35. The lowest BCUT2D eigenvalue weighted by molar-refractivity contribution is -0.109. The molecule has 0 aromatic heterocycles. The van der Waals surface area contributed by atoms with Crippen LogP contribution in [0.5, 0.6) is 0 Å². The molecule has 0 N–H and O–H groups in total. The lowest BCUT2D eigenvalue weighted by Gasteiger charge is -1.99. The Bertz CT molecular complexity index is 423. The number of rotatable bonds is 5. The summed E-state index contributed by atoms with van der Waals surface area (Å²) < 4.78 is 0. The van der Waals surface area contributed by atoms with Crippen molar-refractivity contribution in [1.29, 1.82) is 0 Å². The highest BCUT2D eigenvalue weighted by Crippen LogP contribution is 2.07. The van der Waals surface area contributed by atoms with Crippen molar-refractivity contribution in [3.63, 3.8) is 0 Å². The van der Waals surface area contributed by atoms with Crippen molar-refractivity contribution in [2.24, 2.45) is 0 Å². The maximum atomic E-state index is 10.7. The average molecular weight is 260 g/mol. The zero-order chi connectivity index (χ0) is 13.2. The SMILES string of the molecule is CCCCc1ccc(C#CCCSC(C)=O)cc1. The summed E-state index contributed by atoms with van der Waals surface area (Å²) in [6.45, 7) is 3.80. The zero-order valence-corrected chi connectivity index (χ0v) is 12.0. The molecular formula is C16H20OS. The van der Waals surface area contributed by atoms with Crippen LogP contribution in [0.15, 0.2) is 24.3 Å². The Kier molecular flexibility index (Phi) is 7.29. The number of aryl methyl sites for hydroxylation is 1. The standard InChI is InChI=1S/C16H20OS/c1-3-4-7-15-9-11-16(12-10-15)8-5-6-13-18-14(2)17/h9-12H,3-4,6-7,13H2,1-2H3. The van der Waals surface area contributed by atoms with Crippen LogP contribution in [-0.2, 0) is 11.2 Å². The average Bonchev–Trinajstić information content (AvgIpc) is 2.37. The zero-order valence-electron chi connectivity index (χ0n) is 11.2. The number of thioether (sulfide) groups is 1. The van der Waals surface area contributed by atoms with Crippen molar-refractivity contribution in [3.05, 3.63) is 35.4 Å². The number of unbranched alkanes of at least 4 members (excludes halogenated alkanes) is 1. The fraction of sp³-hybridized carbons (Fsp3) is 0.438. The summed E-state index contributed by atoms with van der Waals surface area (Å²) in [5, 5.41) is 0.164. The van der Waals surface area contributed by atoms with Gasteiger partial charge in [-0.3, -0.25) is 4.79 Å². The number of hydrogen-bond acceptors (Lipinski definition) is 2. The molecular weight excluding hydrogens is 240 g/mol. The maximum Gasteiger partial charge on any atom is 0.185 e. The molecule has 0 aliphatic rings. The van der Waals surface area contributed by atoms with Crippen LogP contribution in [0.2, 0.25) is 0 Å². The van der Waals surface area contributed by atoms with E-state index in [1.54, 1.807) is 6.92 Å². The fourth-order valence-corrected chi connectivity index (χ4v) is 2.04. The molecule has 0 saturated heterocycles. The quantitative estimate of drug-likeness (QED) is 0.587. The third kappa shape index (κ3) is 6.51. The van der Waals surface area contributed by atoms with Crippen molar-refractivity contribution in [3.8, 4) is 11.8 Å². The van der Waals surface area contributed by atoms with Crippen molar-refractivity contribution in [2.75, 3.05) is 5.75 Å². The first-order chi connectivity index (χ1) is 8.72. The molecule has 0 atom stereocenters. The molecule has 0 amide bonds. The summed E-state index contributed by atoms with van der Waals surface area (Å²) in [4.78, 5) is 10.7. The second-order valence-electron chi connectivity index (χ2n) is 4.19. The van der Waals surface area contributed by atoms with E-state index in [9.17, 15) is 4.79 Å². The number of hydrogen-bond donors (Lipinski definition) is 0. The Balaban J connectivity index is 2.38. The van der Waals surface area contributed by atoms with Crippen molar-refractivity contribution < 1.29 is 4.79 Å². The monoisotopic (exact) mass is 260 g/mol. The van der Waals surface area contributed by atoms with Crippen LogP contribution in [0, 0.1) is 11.8 Å². The molecule has 1 aromatic rings. The van der Waals surface area contributed by atoms with Gasteiger partial charge in [-0.25, -0.2) is 0 Å². The number of benzene rings is 1. The van der Waals surface area contributed by atoms with Gasteiger partial charge in [0.05, 0.1) is 0 Å². The minimum atomic E-state index is 0.164. The van der Waals surface area contributed by atoms with Crippen molar-refractivity contribution in [1.82, 2.24) is 0 Å². The lowest BCUT2D eigenvalue weighted by Crippen LogP contribution is -1.85. The largest absolute Gasteiger partial charge is 0.288 e. The second kappa shape index (κ2) is 8.83. The van der Waals surface area contributed by atoms with Crippen LogP contribution in [0.3, 0.4) is 0 Å². The summed E-state index contributed by atoms with van der Waals surface area (Å²) in [5.41, 5.74) is 2.44. The number of carbonyl (C=O) groups is 1. The molecule has 0 fully saturated rings. The molecule has 0 aliphatic heterocycles. The molecule has 0 unspecified atom stereocenters. The molecule has 18 heavy (non-hydrogen) atoms. The van der Waals surface area contributed by atoms with E-state index in [4.69, 9.17) is 0 Å². The van der Waals surface area contributed by atoms with Crippen LogP contribution in [0.1, 0.15) is 44.2 Å². The van der Waals surface area contributed by atoms with E-state index in [1.165, 1.54) is 30.2 Å². The Morgan fingerprint density at radius 3 is 2.61 bits per heavy atom. The van der Waals surface area contributed by atoms with Crippen LogP contribution >= 0.6 is 11.8 Å². The highest BCUT2D eigenvalue weighted by molar-refractivity contribution is 8.13. The normalized spacial score (nSPS) is 9.67. The molecule has 2 heteroatoms. The minimum absolute atomic E-state index is 0.164. The lowest BCUT2D eigenvalue weighted by atomic mass is 10.1. The molecule has 0 heterocycles. The van der Waals surface area contributed by atoms with E-state index in [1.807, 2.05) is 0 Å². The molecule has 96 valence electrons. The van der Waals surface area contributed by atoms with Gasteiger partial charge >= 0.3 is 0 Å². The smallest absolute Gasteiger partial charge is 0.185 e. The van der Waals surface area contributed by atoms with E-state index in [0.29, 0.717) is 0 Å². The first-order valence-electron chi connectivity index (χ1n) is 6.43. The molecule has 0 radical (unpaired) electrons. The van der Waals surface area contributed by atoms with Crippen molar-refractivity contribution in [2.45, 2.75) is 39.5 Å². The highest BCUT2D eigenvalue weighted by Gasteiger charge is 1.93. The van der Waals surface area contributed by atoms with E-state index in [-0.39, 0.29) is 5.12 Å². The Labute approximate surface area is 114 Å². The predicted octanol–water partition coefficient (Wildman–Crippen LogP) is 4.05. The van der Waals surface area contributed by atoms with Gasteiger partial charge in [0.1, 0.15) is 0 Å². The minimum Gasteiger partial charge on any atom is -0.288 e. The van der Waals surface area contributed by atoms with Gasteiger partial charge in [-0.05, 0) is 30.5 Å². The molecule has 0 spiro atoms. The first-order valence-corrected chi connectivity index (χ1v) is 7.42. The maximum absolute atomic E-state index is 10.7. The van der Waals surface area contributed by atoms with E-state index in [0.717, 1.165) is 24.2 Å². The number of carbonyl (C=O) groups excluding carboxylic acids is 1. The van der Waals surface area contributed by atoms with Crippen LogP contribution < -0.4 is 0 Å². The fourth-order valence-electron chi connectivity index (χ4n) is 1.55. The third-order valence-electron chi connectivity index (χ3n) is 2.54. The van der Waals surface area contributed by atoms with Gasteiger partial charge in [0, 0.05) is 24.7 Å². The van der Waals surface area contributed by atoms with Crippen LogP contribution in [-0.4, -0.2) is 10.9 Å². The Morgan fingerprint density at radius 2 is 2.00 bits per heavy atom. The van der Waals surface area contributed by atoms with Gasteiger partial charge in [0.2, 0.25) is 0 Å². The summed E-state index contributed by atoms with van der Waals surface area (Å²) in [7, 11) is 0. The summed E-state index contributed by atoms with van der Waals surface area (Å²) >= 11 is 1.34. The van der Waals surface area contributed by atoms with Gasteiger partial charge in [0.15, 0.2) is 5.12 Å². The van der Waals surface area contributed by atoms with E-state index < -0.39 is 0 Å². The molecule has 0 aliphatic carbocycles.